The Morgan fingerprint density at radius 3 is 2.30 bits per heavy atom. The van der Waals surface area contributed by atoms with E-state index in [0.29, 0.717) is 53.3 Å². The van der Waals surface area contributed by atoms with E-state index in [2.05, 4.69) is 10.5 Å². The van der Waals surface area contributed by atoms with Crippen molar-refractivity contribution in [2.75, 3.05) is 24.1 Å². The van der Waals surface area contributed by atoms with Crippen molar-refractivity contribution in [2.45, 2.75) is 25.3 Å². The highest BCUT2D eigenvalue weighted by molar-refractivity contribution is 7.92. The average Bonchev–Trinajstić information content (AvgIpc) is 3.00. The van der Waals surface area contributed by atoms with Gasteiger partial charge in [-0.1, -0.05) is 41.9 Å². The van der Waals surface area contributed by atoms with E-state index in [1.807, 2.05) is 32.0 Å². The normalized spacial score (nSPS) is 11.2. The summed E-state index contributed by atoms with van der Waals surface area (Å²) in [5.41, 5.74) is 4.31. The number of halogens is 1. The second-order valence-electron chi connectivity index (χ2n) is 9.10. The second kappa shape index (κ2) is 15.1. The maximum Gasteiger partial charge on any atom is 0.264 e. The number of nitrogens with one attached hydrogen (secondary N) is 1. The van der Waals surface area contributed by atoms with Crippen LogP contribution in [0.4, 0.5) is 5.69 Å². The predicted molar refractivity (Wildman–Crippen MR) is 168 cm³/mol. The molecule has 0 unspecified atom stereocenters. The number of sulfonamides is 1. The van der Waals surface area contributed by atoms with Crippen LogP contribution in [0.5, 0.6) is 17.2 Å². The van der Waals surface area contributed by atoms with Crippen molar-refractivity contribution in [3.05, 3.63) is 113 Å². The first kappa shape index (κ1) is 31.4. The minimum Gasteiger partial charge on any atom is -0.494 e. The Hall–Kier alpha value is -4.54. The molecular weight excluding hydrogens is 590 g/mol. The minimum atomic E-state index is -4.08. The predicted octanol–water partition coefficient (Wildman–Crippen LogP) is 6.06. The lowest BCUT2D eigenvalue weighted by molar-refractivity contribution is -0.119. The standard InChI is InChI=1S/C32H32ClN3O6S/c1-3-40-28-14-16-29(17-15-28)43(38,39)36(27-11-6-5-7-12-27)22-32(37)35-34-21-24-13-18-30(31(20-24)41-4-2)42-23-25-9-8-10-26(33)19-25/h5-21H,3-4,22-23H2,1-2H3,(H,35,37)/b34-21-. The Labute approximate surface area is 256 Å². The van der Waals surface area contributed by atoms with Gasteiger partial charge in [0.15, 0.2) is 11.5 Å². The largest absolute Gasteiger partial charge is 0.494 e. The number of anilines is 1. The molecule has 0 aliphatic rings. The molecule has 0 aliphatic heterocycles. The highest BCUT2D eigenvalue weighted by Crippen LogP contribution is 2.29. The zero-order chi connectivity index (χ0) is 30.7. The Morgan fingerprint density at radius 2 is 1.60 bits per heavy atom. The molecule has 43 heavy (non-hydrogen) atoms. The molecule has 1 N–H and O–H groups in total. The number of ether oxygens (including phenoxy) is 3. The van der Waals surface area contributed by atoms with Crippen molar-refractivity contribution in [3.63, 3.8) is 0 Å². The monoisotopic (exact) mass is 621 g/mol. The lowest BCUT2D eigenvalue weighted by atomic mass is 10.2. The summed E-state index contributed by atoms with van der Waals surface area (Å²) in [5, 5.41) is 4.66. The third kappa shape index (κ3) is 8.73. The molecule has 0 heterocycles. The quantitative estimate of drug-likeness (QED) is 0.135. The molecule has 0 aromatic heterocycles. The smallest absolute Gasteiger partial charge is 0.264 e. The molecule has 11 heteroatoms. The maximum absolute atomic E-state index is 13.6. The van der Waals surface area contributed by atoms with Gasteiger partial charge in [0.2, 0.25) is 0 Å². The Balaban J connectivity index is 1.45. The fourth-order valence-electron chi connectivity index (χ4n) is 4.04. The summed E-state index contributed by atoms with van der Waals surface area (Å²) in [7, 11) is -4.08. The van der Waals surface area contributed by atoms with E-state index in [4.69, 9.17) is 25.8 Å². The highest BCUT2D eigenvalue weighted by Gasteiger charge is 2.27. The van der Waals surface area contributed by atoms with Crippen LogP contribution in [0, 0.1) is 0 Å². The molecule has 0 saturated heterocycles. The number of amides is 1. The summed E-state index contributed by atoms with van der Waals surface area (Å²) >= 11 is 6.06. The maximum atomic E-state index is 13.6. The van der Waals surface area contributed by atoms with Crippen molar-refractivity contribution in [1.82, 2.24) is 5.43 Å². The number of hydrazone groups is 1. The first-order valence-corrected chi connectivity index (χ1v) is 15.4. The van der Waals surface area contributed by atoms with E-state index >= 15 is 0 Å². The minimum absolute atomic E-state index is 0.0252. The lowest BCUT2D eigenvalue weighted by Gasteiger charge is -2.23. The third-order valence-corrected chi connectivity index (χ3v) is 8.03. The van der Waals surface area contributed by atoms with Crippen LogP contribution in [0.15, 0.2) is 107 Å². The summed E-state index contributed by atoms with van der Waals surface area (Å²) in [6, 6.07) is 27.1. The van der Waals surface area contributed by atoms with Gasteiger partial charge >= 0.3 is 0 Å². The van der Waals surface area contributed by atoms with Crippen molar-refractivity contribution < 1.29 is 27.4 Å². The fourth-order valence-corrected chi connectivity index (χ4v) is 5.67. The van der Waals surface area contributed by atoms with Gasteiger partial charge in [0.1, 0.15) is 18.9 Å². The van der Waals surface area contributed by atoms with Crippen LogP contribution in [-0.2, 0) is 21.4 Å². The van der Waals surface area contributed by atoms with Crippen LogP contribution in [0.25, 0.3) is 0 Å². The third-order valence-electron chi connectivity index (χ3n) is 6.01. The average molecular weight is 622 g/mol. The summed E-state index contributed by atoms with van der Waals surface area (Å²) in [6.45, 7) is 4.40. The number of hydrogen-bond acceptors (Lipinski definition) is 7. The molecule has 0 spiro atoms. The first-order chi connectivity index (χ1) is 20.8. The van der Waals surface area contributed by atoms with Crippen molar-refractivity contribution in [3.8, 4) is 17.2 Å². The van der Waals surface area contributed by atoms with E-state index in [1.54, 1.807) is 66.7 Å². The molecule has 4 aromatic carbocycles. The van der Waals surface area contributed by atoms with Gasteiger partial charge in [-0.2, -0.15) is 5.10 Å². The molecule has 0 atom stereocenters. The Bertz CT molecular complexity index is 1650. The van der Waals surface area contributed by atoms with Crippen LogP contribution in [-0.4, -0.2) is 40.3 Å². The molecule has 0 radical (unpaired) electrons. The molecule has 0 aliphatic carbocycles. The van der Waals surface area contributed by atoms with Crippen LogP contribution in [0.1, 0.15) is 25.0 Å². The molecule has 4 aromatic rings. The zero-order valence-corrected chi connectivity index (χ0v) is 25.3. The van der Waals surface area contributed by atoms with E-state index in [0.717, 1.165) is 9.87 Å². The van der Waals surface area contributed by atoms with Crippen molar-refractivity contribution in [2.24, 2.45) is 5.10 Å². The summed E-state index contributed by atoms with van der Waals surface area (Å²) in [6.07, 6.45) is 1.44. The van der Waals surface area contributed by atoms with Crippen LogP contribution < -0.4 is 23.9 Å². The van der Waals surface area contributed by atoms with Crippen molar-refractivity contribution in [1.29, 1.82) is 0 Å². The van der Waals surface area contributed by atoms with Gasteiger partial charge in [0, 0.05) is 5.02 Å². The van der Waals surface area contributed by atoms with E-state index in [1.165, 1.54) is 18.3 Å². The molecular formula is C32H32ClN3O6S. The van der Waals surface area contributed by atoms with E-state index in [-0.39, 0.29) is 4.90 Å². The van der Waals surface area contributed by atoms with Crippen molar-refractivity contribution >= 4 is 39.4 Å². The lowest BCUT2D eigenvalue weighted by Crippen LogP contribution is -2.39. The number of rotatable bonds is 14. The summed E-state index contributed by atoms with van der Waals surface area (Å²) < 4.78 is 45.2. The van der Waals surface area contributed by atoms with Gasteiger partial charge in [-0.05, 0) is 91.7 Å². The van der Waals surface area contributed by atoms with Gasteiger partial charge in [-0.15, -0.1) is 0 Å². The summed E-state index contributed by atoms with van der Waals surface area (Å²) in [4.78, 5) is 12.9. The van der Waals surface area contributed by atoms with Gasteiger partial charge < -0.3 is 14.2 Å². The number of benzene rings is 4. The Kier molecular flexibility index (Phi) is 11.0. The fraction of sp³-hybridized carbons (Fsp3) is 0.188. The molecule has 0 fully saturated rings. The van der Waals surface area contributed by atoms with Gasteiger partial charge in [0.25, 0.3) is 15.9 Å². The SMILES string of the molecule is CCOc1ccc(S(=O)(=O)N(CC(=O)N/N=C\c2ccc(OCc3cccc(Cl)c3)c(OCC)c2)c2ccccc2)cc1. The highest BCUT2D eigenvalue weighted by atomic mass is 35.5. The van der Waals surface area contributed by atoms with E-state index in [9.17, 15) is 13.2 Å². The molecule has 0 bridgehead atoms. The van der Waals surface area contributed by atoms with Crippen LogP contribution in [0.3, 0.4) is 0 Å². The number of para-hydroxylation sites is 1. The second-order valence-corrected chi connectivity index (χ2v) is 11.4. The molecule has 9 nitrogen and oxygen atoms in total. The molecule has 0 saturated carbocycles. The van der Waals surface area contributed by atoms with Crippen LogP contribution in [0.2, 0.25) is 5.02 Å². The van der Waals surface area contributed by atoms with Gasteiger partial charge in [0.05, 0.1) is 30.0 Å². The number of carbonyl (C=O) groups is 1. The topological polar surface area (TPSA) is 107 Å². The number of carbonyl (C=O) groups excluding carboxylic acids is 1. The van der Waals surface area contributed by atoms with Crippen LogP contribution >= 0.6 is 11.6 Å². The molecule has 4 rings (SSSR count). The molecule has 224 valence electrons. The van der Waals surface area contributed by atoms with Gasteiger partial charge in [-0.3, -0.25) is 9.10 Å². The number of nitrogens with zero attached hydrogens (tertiary/aromatic N) is 2. The van der Waals surface area contributed by atoms with E-state index < -0.39 is 22.5 Å². The molecule has 1 amide bonds. The first-order valence-electron chi connectivity index (χ1n) is 13.6. The van der Waals surface area contributed by atoms with Gasteiger partial charge in [-0.25, -0.2) is 13.8 Å². The summed E-state index contributed by atoms with van der Waals surface area (Å²) in [5.74, 6) is 0.978. The number of hydrogen-bond donors (Lipinski definition) is 1. The Morgan fingerprint density at radius 1 is 0.860 bits per heavy atom. The zero-order valence-electron chi connectivity index (χ0n) is 23.8.